The molecular formula is C14H22BrNO3. The molecule has 1 atom stereocenters. The Morgan fingerprint density at radius 2 is 2.05 bits per heavy atom. The first kappa shape index (κ1) is 16.3. The van der Waals surface area contributed by atoms with Crippen LogP contribution >= 0.6 is 15.9 Å². The number of phenolic OH excluding ortho intramolecular Hbond substituents is 1. The smallest absolute Gasteiger partial charge is 0.162 e. The average Bonchev–Trinajstić information content (AvgIpc) is 2.32. The van der Waals surface area contributed by atoms with Crippen molar-refractivity contribution in [2.75, 3.05) is 13.7 Å². The van der Waals surface area contributed by atoms with Crippen molar-refractivity contribution in [3.05, 3.63) is 22.2 Å². The van der Waals surface area contributed by atoms with E-state index in [0.29, 0.717) is 24.8 Å². The molecule has 0 bridgehead atoms. The summed E-state index contributed by atoms with van der Waals surface area (Å²) in [5.74, 6) is 1.04. The van der Waals surface area contributed by atoms with Crippen LogP contribution in [0.5, 0.6) is 11.5 Å². The number of halogens is 1. The topological polar surface area (TPSA) is 61.7 Å². The standard InChI is InChI=1S/C14H22BrNO3/c1-9(2)4-12(17)8-16-7-10-5-11(15)6-13(19-3)14(10)18/h5-6,9,12,16-18H,4,7-8H2,1-3H3. The van der Waals surface area contributed by atoms with Crippen molar-refractivity contribution in [1.29, 1.82) is 0 Å². The Hall–Kier alpha value is -0.780. The molecular weight excluding hydrogens is 310 g/mol. The van der Waals surface area contributed by atoms with E-state index in [4.69, 9.17) is 4.74 Å². The Balaban J connectivity index is 2.56. The summed E-state index contributed by atoms with van der Waals surface area (Å²) in [5.41, 5.74) is 0.739. The van der Waals surface area contributed by atoms with E-state index in [1.165, 1.54) is 7.11 Å². The van der Waals surface area contributed by atoms with Gasteiger partial charge in [-0.05, 0) is 24.5 Å². The lowest BCUT2D eigenvalue weighted by molar-refractivity contribution is 0.146. The van der Waals surface area contributed by atoms with Gasteiger partial charge in [0.2, 0.25) is 0 Å². The van der Waals surface area contributed by atoms with E-state index in [0.717, 1.165) is 16.5 Å². The number of aliphatic hydroxyl groups excluding tert-OH is 1. The van der Waals surface area contributed by atoms with Gasteiger partial charge in [0.05, 0.1) is 13.2 Å². The summed E-state index contributed by atoms with van der Waals surface area (Å²) in [7, 11) is 1.52. The maximum Gasteiger partial charge on any atom is 0.162 e. The SMILES string of the molecule is COc1cc(Br)cc(CNCC(O)CC(C)C)c1O. The molecule has 0 saturated heterocycles. The van der Waals surface area contributed by atoms with E-state index in [9.17, 15) is 10.2 Å². The van der Waals surface area contributed by atoms with Gasteiger partial charge in [0.25, 0.3) is 0 Å². The van der Waals surface area contributed by atoms with Crippen molar-refractivity contribution in [2.45, 2.75) is 32.9 Å². The van der Waals surface area contributed by atoms with E-state index in [1.54, 1.807) is 6.07 Å². The van der Waals surface area contributed by atoms with E-state index in [1.807, 2.05) is 6.07 Å². The molecule has 0 spiro atoms. The number of hydrogen-bond acceptors (Lipinski definition) is 4. The summed E-state index contributed by atoms with van der Waals surface area (Å²) < 4.78 is 5.94. The van der Waals surface area contributed by atoms with Gasteiger partial charge in [-0.25, -0.2) is 0 Å². The number of hydrogen-bond donors (Lipinski definition) is 3. The minimum Gasteiger partial charge on any atom is -0.504 e. The Kier molecular flexibility index (Phi) is 6.62. The van der Waals surface area contributed by atoms with Gasteiger partial charge in [0, 0.05) is 23.1 Å². The molecule has 5 heteroatoms. The van der Waals surface area contributed by atoms with Gasteiger partial charge in [-0.3, -0.25) is 0 Å². The summed E-state index contributed by atoms with van der Waals surface area (Å²) in [6, 6.07) is 3.55. The molecule has 108 valence electrons. The Labute approximate surface area is 122 Å². The van der Waals surface area contributed by atoms with Crippen LogP contribution in [-0.4, -0.2) is 30.0 Å². The number of rotatable bonds is 7. The minimum absolute atomic E-state index is 0.136. The third-order valence-electron chi connectivity index (χ3n) is 2.78. The molecule has 0 aliphatic heterocycles. The highest BCUT2D eigenvalue weighted by Crippen LogP contribution is 2.33. The summed E-state index contributed by atoms with van der Waals surface area (Å²) in [6.07, 6.45) is 0.400. The second kappa shape index (κ2) is 7.72. The molecule has 3 N–H and O–H groups in total. The lowest BCUT2D eigenvalue weighted by atomic mass is 10.1. The molecule has 0 saturated carbocycles. The van der Waals surface area contributed by atoms with E-state index >= 15 is 0 Å². The Morgan fingerprint density at radius 1 is 1.37 bits per heavy atom. The van der Waals surface area contributed by atoms with E-state index < -0.39 is 0 Å². The molecule has 4 nitrogen and oxygen atoms in total. The third-order valence-corrected chi connectivity index (χ3v) is 3.24. The number of phenols is 1. The van der Waals surface area contributed by atoms with Crippen molar-refractivity contribution in [3.8, 4) is 11.5 Å². The molecule has 0 aliphatic carbocycles. The van der Waals surface area contributed by atoms with Crippen LogP contribution < -0.4 is 10.1 Å². The van der Waals surface area contributed by atoms with Crippen molar-refractivity contribution < 1.29 is 14.9 Å². The van der Waals surface area contributed by atoms with E-state index in [-0.39, 0.29) is 11.9 Å². The molecule has 0 aliphatic rings. The van der Waals surface area contributed by atoms with Crippen LogP contribution in [-0.2, 0) is 6.54 Å². The first-order valence-electron chi connectivity index (χ1n) is 6.38. The lowest BCUT2D eigenvalue weighted by Gasteiger charge is -2.15. The third kappa shape index (κ3) is 5.38. The zero-order valence-corrected chi connectivity index (χ0v) is 13.2. The predicted octanol–water partition coefficient (Wildman–Crippen LogP) is 2.66. The monoisotopic (exact) mass is 331 g/mol. The average molecular weight is 332 g/mol. The van der Waals surface area contributed by atoms with E-state index in [2.05, 4.69) is 35.1 Å². The highest BCUT2D eigenvalue weighted by atomic mass is 79.9. The second-order valence-electron chi connectivity index (χ2n) is 5.03. The summed E-state index contributed by atoms with van der Waals surface area (Å²) in [4.78, 5) is 0. The van der Waals surface area contributed by atoms with Crippen LogP contribution in [0.2, 0.25) is 0 Å². The molecule has 0 aromatic heterocycles. The van der Waals surface area contributed by atoms with Gasteiger partial charge in [-0.2, -0.15) is 0 Å². The summed E-state index contributed by atoms with van der Waals surface area (Å²) in [5, 5.41) is 22.9. The van der Waals surface area contributed by atoms with Crippen molar-refractivity contribution in [3.63, 3.8) is 0 Å². The quantitative estimate of drug-likeness (QED) is 0.718. The van der Waals surface area contributed by atoms with Crippen LogP contribution in [0, 0.1) is 5.92 Å². The summed E-state index contributed by atoms with van der Waals surface area (Å²) >= 11 is 3.37. The maximum atomic E-state index is 9.98. The number of aliphatic hydroxyl groups is 1. The van der Waals surface area contributed by atoms with Crippen molar-refractivity contribution in [2.24, 2.45) is 5.92 Å². The molecule has 19 heavy (non-hydrogen) atoms. The van der Waals surface area contributed by atoms with Crippen molar-refractivity contribution in [1.82, 2.24) is 5.32 Å². The maximum absolute atomic E-state index is 9.98. The number of aromatic hydroxyl groups is 1. The zero-order chi connectivity index (χ0) is 14.4. The van der Waals surface area contributed by atoms with Gasteiger partial charge in [-0.1, -0.05) is 29.8 Å². The van der Waals surface area contributed by atoms with Crippen LogP contribution in [0.15, 0.2) is 16.6 Å². The minimum atomic E-state index is -0.365. The number of methoxy groups -OCH3 is 1. The van der Waals surface area contributed by atoms with Crippen LogP contribution in [0.25, 0.3) is 0 Å². The predicted molar refractivity (Wildman–Crippen MR) is 79.5 cm³/mol. The molecule has 1 unspecified atom stereocenters. The first-order chi connectivity index (χ1) is 8.93. The van der Waals surface area contributed by atoms with Gasteiger partial charge in [-0.15, -0.1) is 0 Å². The largest absolute Gasteiger partial charge is 0.504 e. The van der Waals surface area contributed by atoms with Gasteiger partial charge < -0.3 is 20.3 Å². The molecule has 0 radical (unpaired) electrons. The highest BCUT2D eigenvalue weighted by molar-refractivity contribution is 9.10. The Bertz CT molecular complexity index is 410. The fourth-order valence-electron chi connectivity index (χ4n) is 1.92. The fraction of sp³-hybridized carbons (Fsp3) is 0.571. The van der Waals surface area contributed by atoms with Crippen LogP contribution in [0.1, 0.15) is 25.8 Å². The first-order valence-corrected chi connectivity index (χ1v) is 7.17. The molecule has 0 amide bonds. The Morgan fingerprint density at radius 3 is 2.63 bits per heavy atom. The molecule has 1 rings (SSSR count). The van der Waals surface area contributed by atoms with Gasteiger partial charge in [0.15, 0.2) is 11.5 Å². The molecule has 0 heterocycles. The van der Waals surface area contributed by atoms with Crippen LogP contribution in [0.4, 0.5) is 0 Å². The van der Waals surface area contributed by atoms with Gasteiger partial charge in [0.1, 0.15) is 0 Å². The number of benzene rings is 1. The van der Waals surface area contributed by atoms with Crippen molar-refractivity contribution >= 4 is 15.9 Å². The normalized spacial score (nSPS) is 12.7. The van der Waals surface area contributed by atoms with Gasteiger partial charge >= 0.3 is 0 Å². The lowest BCUT2D eigenvalue weighted by Crippen LogP contribution is -2.27. The summed E-state index contributed by atoms with van der Waals surface area (Å²) in [6.45, 7) is 5.14. The van der Waals surface area contributed by atoms with Crippen LogP contribution in [0.3, 0.4) is 0 Å². The molecule has 0 fully saturated rings. The highest BCUT2D eigenvalue weighted by Gasteiger charge is 2.11. The molecule has 1 aromatic rings. The molecule has 1 aromatic carbocycles. The fourth-order valence-corrected chi connectivity index (χ4v) is 2.40. The second-order valence-corrected chi connectivity index (χ2v) is 5.95. The number of nitrogens with one attached hydrogen (secondary N) is 1. The number of ether oxygens (including phenoxy) is 1. The zero-order valence-electron chi connectivity index (χ0n) is 11.6.